The molecule has 9 aromatic carbocycles. The maximum atomic E-state index is 5.46. The first kappa shape index (κ1) is 36.1. The molecule has 0 spiro atoms. The minimum Gasteiger partial charge on any atom is -0.309 e. The Morgan fingerprint density at radius 1 is 0.369 bits per heavy atom. The van der Waals surface area contributed by atoms with Crippen LogP contribution in [0.4, 0.5) is 0 Å². The molecule has 0 aliphatic heterocycles. The SMILES string of the molecule is CC1(C)c2ccccc2-c2ccc(-c3ccc(-n4c5ccccc5c5cc(-c6ccc7c(c6)nc6n(-c8ccccc8)c8c9ccccc9n(-c9ccccc9)c8n76)ccc54)cc3)cc21. The van der Waals surface area contributed by atoms with Crippen molar-refractivity contribution in [3.63, 3.8) is 0 Å². The molecule has 1 aliphatic rings. The minimum absolute atomic E-state index is 0.0349. The summed E-state index contributed by atoms with van der Waals surface area (Å²) < 4.78 is 9.47. The van der Waals surface area contributed by atoms with E-state index in [1.165, 1.54) is 60.6 Å². The second kappa shape index (κ2) is 13.3. The molecule has 5 nitrogen and oxygen atoms in total. The Balaban J connectivity index is 0.892. The molecule has 0 radical (unpaired) electrons. The number of para-hydroxylation sites is 4. The third kappa shape index (κ3) is 5.06. The number of fused-ring (bicyclic) bond motifs is 13. The van der Waals surface area contributed by atoms with E-state index >= 15 is 0 Å². The standard InChI is InChI=1S/C60H41N5/c1-60(2)50-22-12-9-19-45(50)46-32-27-40(36-51(46)60)38-25-30-44(31-26-38)62-53-23-13-10-20-47(53)49-35-39(28-33-55(49)62)41-29-34-56-52(37-41)61-59-64(43-17-7-4-8-18-43)57-48-21-11-14-24-54(48)63(58(57)65(56)59)42-15-5-3-6-16-42/h3-37H,1-2H3. The zero-order valence-electron chi connectivity index (χ0n) is 35.9. The average Bonchev–Trinajstić information content (AvgIpc) is 4.13. The largest absolute Gasteiger partial charge is 0.309 e. The highest BCUT2D eigenvalue weighted by Crippen LogP contribution is 2.49. The molecule has 0 amide bonds. The fraction of sp³-hybridized carbons (Fsp3) is 0.0500. The first-order chi connectivity index (χ1) is 32.0. The Kier molecular flexibility index (Phi) is 7.39. The lowest BCUT2D eigenvalue weighted by Crippen LogP contribution is -2.14. The summed E-state index contributed by atoms with van der Waals surface area (Å²) in [5.74, 6) is 0.888. The number of hydrogen-bond donors (Lipinski definition) is 0. The van der Waals surface area contributed by atoms with Crippen LogP contribution in [0, 0.1) is 0 Å². The highest BCUT2D eigenvalue weighted by atomic mass is 15.3. The summed E-state index contributed by atoms with van der Waals surface area (Å²) in [7, 11) is 0. The van der Waals surface area contributed by atoms with Gasteiger partial charge in [-0.25, -0.2) is 4.98 Å². The van der Waals surface area contributed by atoms with E-state index in [1.807, 2.05) is 0 Å². The number of hydrogen-bond acceptors (Lipinski definition) is 1. The number of rotatable bonds is 5. The van der Waals surface area contributed by atoms with Gasteiger partial charge in [-0.15, -0.1) is 0 Å². The summed E-state index contributed by atoms with van der Waals surface area (Å²) in [4.78, 5) is 5.46. The van der Waals surface area contributed by atoms with Crippen LogP contribution in [0.25, 0.3) is 111 Å². The minimum atomic E-state index is -0.0349. The molecule has 0 N–H and O–H groups in total. The lowest BCUT2D eigenvalue weighted by atomic mass is 9.81. The Bertz CT molecular complexity index is 4070. The summed E-state index contributed by atoms with van der Waals surface area (Å²) in [6.07, 6.45) is 0. The van der Waals surface area contributed by atoms with Gasteiger partial charge in [-0.3, -0.25) is 13.5 Å². The molecular weight excluding hydrogens is 791 g/mol. The fourth-order valence-electron chi connectivity index (χ4n) is 11.1. The maximum Gasteiger partial charge on any atom is 0.221 e. The number of aromatic nitrogens is 5. The molecule has 0 bridgehead atoms. The molecule has 0 unspecified atom stereocenters. The molecule has 65 heavy (non-hydrogen) atoms. The fourth-order valence-corrected chi connectivity index (χ4v) is 11.1. The monoisotopic (exact) mass is 831 g/mol. The van der Waals surface area contributed by atoms with Crippen molar-refractivity contribution in [3.05, 3.63) is 223 Å². The molecule has 4 heterocycles. The quantitative estimate of drug-likeness (QED) is 0.170. The van der Waals surface area contributed by atoms with Gasteiger partial charge in [0.1, 0.15) is 5.52 Å². The molecule has 5 heteroatoms. The van der Waals surface area contributed by atoms with Gasteiger partial charge in [0.2, 0.25) is 5.78 Å². The van der Waals surface area contributed by atoms with Crippen LogP contribution in [-0.4, -0.2) is 23.1 Å². The van der Waals surface area contributed by atoms with Gasteiger partial charge in [-0.2, -0.15) is 0 Å². The maximum absolute atomic E-state index is 5.46. The van der Waals surface area contributed by atoms with Crippen molar-refractivity contribution in [2.75, 3.05) is 0 Å². The first-order valence-corrected chi connectivity index (χ1v) is 22.5. The van der Waals surface area contributed by atoms with Gasteiger partial charge in [-0.05, 0) is 123 Å². The molecule has 0 atom stereocenters. The molecule has 1 aliphatic carbocycles. The van der Waals surface area contributed by atoms with Crippen LogP contribution >= 0.6 is 0 Å². The smallest absolute Gasteiger partial charge is 0.221 e. The predicted molar refractivity (Wildman–Crippen MR) is 269 cm³/mol. The Morgan fingerprint density at radius 3 is 1.68 bits per heavy atom. The molecular formula is C60H41N5. The summed E-state index contributed by atoms with van der Waals surface area (Å²) in [5.41, 5.74) is 21.3. The molecule has 13 aromatic rings. The van der Waals surface area contributed by atoms with Crippen LogP contribution in [0.5, 0.6) is 0 Å². The van der Waals surface area contributed by atoms with Gasteiger partial charge in [-0.1, -0.05) is 147 Å². The third-order valence-electron chi connectivity index (χ3n) is 14.2. The van der Waals surface area contributed by atoms with Crippen molar-refractivity contribution < 1.29 is 0 Å². The molecule has 4 aromatic heterocycles. The van der Waals surface area contributed by atoms with Crippen molar-refractivity contribution in [2.45, 2.75) is 19.3 Å². The van der Waals surface area contributed by atoms with Gasteiger partial charge < -0.3 is 4.57 Å². The zero-order valence-corrected chi connectivity index (χ0v) is 35.9. The van der Waals surface area contributed by atoms with Crippen LogP contribution in [0.3, 0.4) is 0 Å². The molecule has 0 saturated carbocycles. The number of imidazole rings is 2. The van der Waals surface area contributed by atoms with Crippen molar-refractivity contribution in [1.29, 1.82) is 0 Å². The van der Waals surface area contributed by atoms with E-state index in [-0.39, 0.29) is 5.41 Å². The zero-order chi connectivity index (χ0) is 43.0. The van der Waals surface area contributed by atoms with Crippen molar-refractivity contribution in [2.24, 2.45) is 0 Å². The Labute approximate surface area is 375 Å². The van der Waals surface area contributed by atoms with Crippen molar-refractivity contribution >= 4 is 60.7 Å². The molecule has 14 rings (SSSR count). The molecule has 0 fully saturated rings. The van der Waals surface area contributed by atoms with Crippen LogP contribution in [0.1, 0.15) is 25.0 Å². The van der Waals surface area contributed by atoms with Crippen molar-refractivity contribution in [3.8, 4) is 50.4 Å². The summed E-state index contributed by atoms with van der Waals surface area (Å²) in [6, 6.07) is 77.4. The summed E-state index contributed by atoms with van der Waals surface area (Å²) >= 11 is 0. The molecule has 0 saturated heterocycles. The number of benzene rings is 9. The lowest BCUT2D eigenvalue weighted by Gasteiger charge is -2.22. The number of nitrogens with zero attached hydrogens (tertiary/aromatic N) is 5. The van der Waals surface area contributed by atoms with Crippen LogP contribution in [-0.2, 0) is 5.41 Å². The van der Waals surface area contributed by atoms with E-state index in [2.05, 4.69) is 244 Å². The first-order valence-electron chi connectivity index (χ1n) is 22.5. The normalized spacial score (nSPS) is 13.2. The summed E-state index contributed by atoms with van der Waals surface area (Å²) in [6.45, 7) is 4.70. The van der Waals surface area contributed by atoms with E-state index in [4.69, 9.17) is 4.98 Å². The van der Waals surface area contributed by atoms with E-state index in [0.717, 1.165) is 61.7 Å². The molecule has 306 valence electrons. The van der Waals surface area contributed by atoms with Gasteiger partial charge in [0.05, 0.1) is 27.6 Å². The lowest BCUT2D eigenvalue weighted by molar-refractivity contribution is 0.660. The van der Waals surface area contributed by atoms with E-state index in [1.54, 1.807) is 0 Å². The second-order valence-electron chi connectivity index (χ2n) is 18.0. The second-order valence-corrected chi connectivity index (χ2v) is 18.0. The van der Waals surface area contributed by atoms with Gasteiger partial charge in [0, 0.05) is 38.6 Å². The topological polar surface area (TPSA) is 32.1 Å². The highest BCUT2D eigenvalue weighted by molar-refractivity contribution is 6.12. The van der Waals surface area contributed by atoms with Crippen LogP contribution in [0.15, 0.2) is 212 Å². The van der Waals surface area contributed by atoms with Gasteiger partial charge in [0.25, 0.3) is 0 Å². The van der Waals surface area contributed by atoms with Gasteiger partial charge >= 0.3 is 0 Å². The highest BCUT2D eigenvalue weighted by Gasteiger charge is 2.35. The van der Waals surface area contributed by atoms with E-state index < -0.39 is 0 Å². The third-order valence-corrected chi connectivity index (χ3v) is 14.2. The van der Waals surface area contributed by atoms with E-state index in [9.17, 15) is 0 Å². The van der Waals surface area contributed by atoms with Crippen molar-refractivity contribution in [1.82, 2.24) is 23.1 Å². The van der Waals surface area contributed by atoms with Crippen LogP contribution < -0.4 is 0 Å². The predicted octanol–water partition coefficient (Wildman–Crippen LogP) is 15.1. The Morgan fingerprint density at radius 2 is 0.908 bits per heavy atom. The summed E-state index contributed by atoms with van der Waals surface area (Å²) in [5, 5.41) is 3.64. The average molecular weight is 832 g/mol. The van der Waals surface area contributed by atoms with Gasteiger partial charge in [0.15, 0.2) is 5.65 Å². The van der Waals surface area contributed by atoms with E-state index in [0.29, 0.717) is 0 Å². The van der Waals surface area contributed by atoms with Crippen LogP contribution in [0.2, 0.25) is 0 Å². The Hall–Kier alpha value is -8.41.